The van der Waals surface area contributed by atoms with Gasteiger partial charge in [-0.15, -0.1) is 0 Å². The standard InChI is InChI=1S/C20H34O6S/c1-2-3-4-5-6-7-10-19-11-8-9-12-20(19)26-16-15-24-13-14-25-17-18-27(21,22)23/h8-9,11-12H,2-7,10,13-18H2,1H3,(H,21,22,23). The van der Waals surface area contributed by atoms with Gasteiger partial charge in [-0.25, -0.2) is 0 Å². The Balaban J connectivity index is 2.10. The van der Waals surface area contributed by atoms with Gasteiger partial charge in [-0.05, 0) is 24.5 Å². The average Bonchev–Trinajstić information content (AvgIpc) is 2.63. The van der Waals surface area contributed by atoms with E-state index in [1.165, 1.54) is 44.1 Å². The number of rotatable bonds is 17. The fraction of sp³-hybridized carbons (Fsp3) is 0.700. The lowest BCUT2D eigenvalue weighted by Crippen LogP contribution is -2.15. The van der Waals surface area contributed by atoms with E-state index in [2.05, 4.69) is 13.0 Å². The molecular formula is C20H34O6S. The Hall–Kier alpha value is -1.15. The molecule has 0 bridgehead atoms. The zero-order chi connectivity index (χ0) is 19.8. The van der Waals surface area contributed by atoms with E-state index in [4.69, 9.17) is 18.8 Å². The van der Waals surface area contributed by atoms with E-state index < -0.39 is 15.9 Å². The molecule has 0 fully saturated rings. The summed E-state index contributed by atoms with van der Waals surface area (Å²) in [7, 11) is -3.96. The van der Waals surface area contributed by atoms with Gasteiger partial charge in [0.25, 0.3) is 10.1 Å². The van der Waals surface area contributed by atoms with E-state index in [-0.39, 0.29) is 13.2 Å². The zero-order valence-corrected chi connectivity index (χ0v) is 17.2. The van der Waals surface area contributed by atoms with Crippen molar-refractivity contribution >= 4 is 10.1 Å². The molecule has 0 radical (unpaired) electrons. The number of benzene rings is 1. The second kappa shape index (κ2) is 14.9. The first kappa shape index (κ1) is 23.9. The topological polar surface area (TPSA) is 82.1 Å². The maximum Gasteiger partial charge on any atom is 0.267 e. The smallest absolute Gasteiger partial charge is 0.267 e. The number of aryl methyl sites for hydroxylation is 1. The van der Waals surface area contributed by atoms with Crippen molar-refractivity contribution in [3.63, 3.8) is 0 Å². The van der Waals surface area contributed by atoms with Gasteiger partial charge >= 0.3 is 0 Å². The Bertz CT molecular complexity index is 588. The van der Waals surface area contributed by atoms with Crippen molar-refractivity contribution in [2.24, 2.45) is 0 Å². The first-order chi connectivity index (χ1) is 13.0. The summed E-state index contributed by atoms with van der Waals surface area (Å²) < 4.78 is 45.9. The Kier molecular flexibility index (Phi) is 13.1. The van der Waals surface area contributed by atoms with Crippen LogP contribution in [0.25, 0.3) is 0 Å². The van der Waals surface area contributed by atoms with Crippen molar-refractivity contribution < 1.29 is 27.2 Å². The molecule has 1 N–H and O–H groups in total. The van der Waals surface area contributed by atoms with Crippen LogP contribution in [0.2, 0.25) is 0 Å². The monoisotopic (exact) mass is 402 g/mol. The van der Waals surface area contributed by atoms with Crippen molar-refractivity contribution in [2.45, 2.75) is 51.9 Å². The Morgan fingerprint density at radius 2 is 1.48 bits per heavy atom. The molecule has 0 aliphatic heterocycles. The fourth-order valence-corrected chi connectivity index (χ4v) is 2.97. The molecule has 156 valence electrons. The van der Waals surface area contributed by atoms with E-state index in [0.29, 0.717) is 19.8 Å². The minimum atomic E-state index is -3.96. The molecule has 0 aliphatic rings. The van der Waals surface area contributed by atoms with Crippen LogP contribution < -0.4 is 4.74 Å². The second-order valence-electron chi connectivity index (χ2n) is 6.48. The fourth-order valence-electron chi connectivity index (χ4n) is 2.64. The van der Waals surface area contributed by atoms with Crippen LogP contribution in [0.3, 0.4) is 0 Å². The molecule has 0 aliphatic carbocycles. The minimum absolute atomic E-state index is 0.0372. The molecule has 1 aromatic rings. The van der Waals surface area contributed by atoms with E-state index in [1.807, 2.05) is 18.2 Å². The Morgan fingerprint density at radius 1 is 0.852 bits per heavy atom. The normalized spacial score (nSPS) is 11.6. The molecule has 1 aromatic carbocycles. The molecule has 1 rings (SSSR count). The highest BCUT2D eigenvalue weighted by Gasteiger charge is 2.04. The van der Waals surface area contributed by atoms with E-state index >= 15 is 0 Å². The maximum atomic E-state index is 10.5. The van der Waals surface area contributed by atoms with Crippen molar-refractivity contribution in [1.29, 1.82) is 0 Å². The van der Waals surface area contributed by atoms with Gasteiger partial charge in [-0.1, -0.05) is 57.2 Å². The molecule has 0 aromatic heterocycles. The summed E-state index contributed by atoms with van der Waals surface area (Å²) in [4.78, 5) is 0. The molecule has 0 amide bonds. The van der Waals surface area contributed by atoms with Gasteiger partial charge in [0.05, 0.1) is 32.2 Å². The highest BCUT2D eigenvalue weighted by Crippen LogP contribution is 2.20. The van der Waals surface area contributed by atoms with Gasteiger partial charge in [0.15, 0.2) is 0 Å². The molecule has 0 atom stereocenters. The van der Waals surface area contributed by atoms with Crippen LogP contribution in [-0.2, 0) is 26.0 Å². The number of unbranched alkanes of at least 4 members (excludes halogenated alkanes) is 5. The zero-order valence-electron chi connectivity index (χ0n) is 16.4. The van der Waals surface area contributed by atoms with Crippen LogP contribution >= 0.6 is 0 Å². The molecule has 7 heteroatoms. The van der Waals surface area contributed by atoms with Gasteiger partial charge in [-0.3, -0.25) is 4.55 Å². The van der Waals surface area contributed by atoms with Gasteiger partial charge in [0, 0.05) is 0 Å². The molecule has 0 saturated heterocycles. The predicted octanol–water partition coefficient (Wildman–Crippen LogP) is 3.89. The lowest BCUT2D eigenvalue weighted by atomic mass is 10.0. The van der Waals surface area contributed by atoms with E-state index in [1.54, 1.807) is 0 Å². The van der Waals surface area contributed by atoms with Crippen LogP contribution in [-0.4, -0.2) is 51.8 Å². The molecule has 0 unspecified atom stereocenters. The van der Waals surface area contributed by atoms with Crippen molar-refractivity contribution in [3.05, 3.63) is 29.8 Å². The largest absolute Gasteiger partial charge is 0.491 e. The number of ether oxygens (including phenoxy) is 3. The lowest BCUT2D eigenvalue weighted by Gasteiger charge is -2.12. The molecule has 0 spiro atoms. The first-order valence-corrected chi connectivity index (χ1v) is 11.4. The number of hydrogen-bond acceptors (Lipinski definition) is 5. The summed E-state index contributed by atoms with van der Waals surface area (Å²) in [5.74, 6) is 0.518. The SMILES string of the molecule is CCCCCCCCc1ccccc1OCCOCCOCCS(=O)(=O)O. The average molecular weight is 403 g/mol. The van der Waals surface area contributed by atoms with Gasteiger partial charge < -0.3 is 14.2 Å². The molecule has 27 heavy (non-hydrogen) atoms. The molecular weight excluding hydrogens is 368 g/mol. The van der Waals surface area contributed by atoms with E-state index in [9.17, 15) is 8.42 Å². The molecule has 6 nitrogen and oxygen atoms in total. The van der Waals surface area contributed by atoms with E-state index in [0.717, 1.165) is 12.2 Å². The van der Waals surface area contributed by atoms with Crippen LogP contribution in [0.15, 0.2) is 24.3 Å². The third-order valence-corrected chi connectivity index (χ3v) is 4.80. The Morgan fingerprint density at radius 3 is 2.22 bits per heavy atom. The maximum absolute atomic E-state index is 10.5. The second-order valence-corrected chi connectivity index (χ2v) is 8.06. The van der Waals surface area contributed by atoms with Crippen molar-refractivity contribution in [3.8, 4) is 5.75 Å². The van der Waals surface area contributed by atoms with Gasteiger partial charge in [0.1, 0.15) is 12.4 Å². The van der Waals surface area contributed by atoms with Crippen LogP contribution in [0.1, 0.15) is 51.0 Å². The van der Waals surface area contributed by atoms with Crippen LogP contribution in [0.5, 0.6) is 5.75 Å². The highest BCUT2D eigenvalue weighted by atomic mass is 32.2. The summed E-state index contributed by atoms with van der Waals surface area (Å²) in [5.41, 5.74) is 1.24. The van der Waals surface area contributed by atoms with Crippen LogP contribution in [0.4, 0.5) is 0 Å². The van der Waals surface area contributed by atoms with Crippen LogP contribution in [0, 0.1) is 0 Å². The minimum Gasteiger partial charge on any atom is -0.491 e. The Labute approximate surface area is 164 Å². The number of para-hydroxylation sites is 1. The van der Waals surface area contributed by atoms with Gasteiger partial charge in [-0.2, -0.15) is 8.42 Å². The molecule has 0 heterocycles. The number of hydrogen-bond donors (Lipinski definition) is 1. The summed E-state index contributed by atoms with van der Waals surface area (Å²) in [6, 6.07) is 8.12. The predicted molar refractivity (Wildman–Crippen MR) is 107 cm³/mol. The third kappa shape index (κ3) is 13.6. The summed E-state index contributed by atoms with van der Waals surface area (Å²) in [6.45, 7) is 3.72. The highest BCUT2D eigenvalue weighted by molar-refractivity contribution is 7.85. The summed E-state index contributed by atoms with van der Waals surface area (Å²) in [5, 5.41) is 0. The molecule has 0 saturated carbocycles. The van der Waals surface area contributed by atoms with Crippen molar-refractivity contribution in [2.75, 3.05) is 38.8 Å². The third-order valence-electron chi connectivity index (χ3n) is 4.12. The summed E-state index contributed by atoms with van der Waals surface area (Å²) >= 11 is 0. The quantitative estimate of drug-likeness (QED) is 0.314. The van der Waals surface area contributed by atoms with Crippen molar-refractivity contribution in [1.82, 2.24) is 0 Å². The first-order valence-electron chi connectivity index (χ1n) is 9.84. The lowest BCUT2D eigenvalue weighted by molar-refractivity contribution is 0.0406. The van der Waals surface area contributed by atoms with Gasteiger partial charge in [0.2, 0.25) is 0 Å². The summed E-state index contributed by atoms with van der Waals surface area (Å²) in [6.07, 6.45) is 8.70.